The van der Waals surface area contributed by atoms with Crippen LogP contribution in [-0.2, 0) is 11.3 Å². The number of likely N-dealkylation sites (tertiary alicyclic amines) is 1. The number of amides is 2. The van der Waals surface area contributed by atoms with Crippen LogP contribution in [0.25, 0.3) is 0 Å². The highest BCUT2D eigenvalue weighted by Crippen LogP contribution is 2.24. The predicted molar refractivity (Wildman–Crippen MR) is 88.3 cm³/mol. The average molecular weight is 324 g/mol. The van der Waals surface area contributed by atoms with Gasteiger partial charge in [0.15, 0.2) is 0 Å². The molecule has 2 aliphatic rings. The van der Waals surface area contributed by atoms with Crippen LogP contribution in [0.4, 0.5) is 0 Å². The third-order valence-electron chi connectivity index (χ3n) is 4.87. The maximum Gasteiger partial charge on any atom is 0.254 e. The number of hydrogen-bond donors (Lipinski definition) is 0. The van der Waals surface area contributed by atoms with Gasteiger partial charge in [0.2, 0.25) is 5.91 Å². The summed E-state index contributed by atoms with van der Waals surface area (Å²) in [5, 5.41) is 4.29. The molecule has 1 aromatic heterocycles. The van der Waals surface area contributed by atoms with Crippen molar-refractivity contribution in [2.75, 3.05) is 19.6 Å². The average Bonchev–Trinajstić information content (AvgIpc) is 3.25. The number of carbonyl (C=O) groups excluding carboxylic acids is 2. The monoisotopic (exact) mass is 324 g/mol. The van der Waals surface area contributed by atoms with Crippen molar-refractivity contribution in [1.29, 1.82) is 0 Å². The lowest BCUT2D eigenvalue weighted by molar-refractivity contribution is -0.133. The Balaban J connectivity index is 1.41. The molecule has 3 heterocycles. The van der Waals surface area contributed by atoms with Crippen molar-refractivity contribution in [2.24, 2.45) is 0 Å². The van der Waals surface area contributed by atoms with E-state index >= 15 is 0 Å². The van der Waals surface area contributed by atoms with Crippen LogP contribution in [0.2, 0.25) is 0 Å². The van der Waals surface area contributed by atoms with Gasteiger partial charge in [-0.15, -0.1) is 0 Å². The molecule has 1 saturated heterocycles. The Morgan fingerprint density at radius 2 is 2.12 bits per heavy atom. The molecule has 0 bridgehead atoms. The van der Waals surface area contributed by atoms with Crippen molar-refractivity contribution in [3.05, 3.63) is 53.9 Å². The Kier molecular flexibility index (Phi) is 3.80. The molecular weight excluding hydrogens is 304 g/mol. The van der Waals surface area contributed by atoms with E-state index in [1.807, 2.05) is 46.1 Å². The second-order valence-corrected chi connectivity index (χ2v) is 6.44. The first-order valence-electron chi connectivity index (χ1n) is 8.36. The summed E-state index contributed by atoms with van der Waals surface area (Å²) in [6, 6.07) is 9.70. The molecule has 2 aromatic rings. The molecule has 1 atom stereocenters. The van der Waals surface area contributed by atoms with Gasteiger partial charge in [0.25, 0.3) is 5.91 Å². The Morgan fingerprint density at radius 3 is 2.92 bits per heavy atom. The number of carbonyl (C=O) groups is 2. The van der Waals surface area contributed by atoms with Gasteiger partial charge >= 0.3 is 0 Å². The van der Waals surface area contributed by atoms with Crippen LogP contribution in [0.1, 0.15) is 34.8 Å². The van der Waals surface area contributed by atoms with Crippen molar-refractivity contribution < 1.29 is 9.59 Å². The molecule has 6 nitrogen and oxygen atoms in total. The lowest BCUT2D eigenvalue weighted by Crippen LogP contribution is -2.45. The van der Waals surface area contributed by atoms with E-state index in [1.165, 1.54) is 0 Å². The number of benzene rings is 1. The number of fused-ring (bicyclic) bond motifs is 1. The van der Waals surface area contributed by atoms with E-state index in [1.54, 1.807) is 11.1 Å². The number of aromatic nitrogens is 2. The number of hydrogen-bond acceptors (Lipinski definition) is 3. The maximum atomic E-state index is 12.7. The first kappa shape index (κ1) is 14.9. The summed E-state index contributed by atoms with van der Waals surface area (Å²) < 4.78 is 1.93. The van der Waals surface area contributed by atoms with Gasteiger partial charge in [-0.1, -0.05) is 18.2 Å². The Morgan fingerprint density at radius 1 is 1.25 bits per heavy atom. The largest absolute Gasteiger partial charge is 0.339 e. The van der Waals surface area contributed by atoms with Gasteiger partial charge in [-0.3, -0.25) is 14.3 Å². The third-order valence-corrected chi connectivity index (χ3v) is 4.87. The Labute approximate surface area is 140 Å². The summed E-state index contributed by atoms with van der Waals surface area (Å²) in [6.45, 7) is 2.09. The van der Waals surface area contributed by atoms with Crippen molar-refractivity contribution in [3.63, 3.8) is 0 Å². The number of piperidine rings is 1. The smallest absolute Gasteiger partial charge is 0.254 e. The molecule has 4 rings (SSSR count). The van der Waals surface area contributed by atoms with E-state index in [2.05, 4.69) is 5.10 Å². The van der Waals surface area contributed by atoms with Gasteiger partial charge < -0.3 is 9.80 Å². The third kappa shape index (κ3) is 2.68. The highest BCUT2D eigenvalue weighted by Gasteiger charge is 2.31. The molecule has 0 N–H and O–H groups in total. The molecule has 0 unspecified atom stereocenters. The minimum atomic E-state index is -0.0421. The summed E-state index contributed by atoms with van der Waals surface area (Å²) >= 11 is 0. The highest BCUT2D eigenvalue weighted by molar-refractivity contribution is 6.00. The molecule has 1 aromatic carbocycles. The van der Waals surface area contributed by atoms with Crippen LogP contribution in [0.5, 0.6) is 0 Å². The van der Waals surface area contributed by atoms with Crippen molar-refractivity contribution >= 4 is 11.8 Å². The van der Waals surface area contributed by atoms with E-state index in [4.69, 9.17) is 0 Å². The number of nitrogens with zero attached hydrogens (tertiary/aromatic N) is 4. The zero-order valence-electron chi connectivity index (χ0n) is 13.5. The molecule has 1 fully saturated rings. The van der Waals surface area contributed by atoms with E-state index in [-0.39, 0.29) is 24.4 Å². The quantitative estimate of drug-likeness (QED) is 0.863. The zero-order valence-corrected chi connectivity index (χ0v) is 13.5. The van der Waals surface area contributed by atoms with Crippen LogP contribution in [0.15, 0.2) is 42.7 Å². The lowest BCUT2D eigenvalue weighted by atomic mass is 10.1. The zero-order chi connectivity index (χ0) is 16.5. The minimum Gasteiger partial charge on any atom is -0.339 e. The fraction of sp³-hybridized carbons (Fsp3) is 0.389. The summed E-state index contributed by atoms with van der Waals surface area (Å²) in [5.74, 6) is -0.0207. The lowest BCUT2D eigenvalue weighted by Gasteiger charge is -2.33. The molecule has 0 spiro atoms. The molecular formula is C18H20N4O2. The van der Waals surface area contributed by atoms with E-state index in [0.717, 1.165) is 30.5 Å². The van der Waals surface area contributed by atoms with Gasteiger partial charge in [-0.05, 0) is 30.5 Å². The van der Waals surface area contributed by atoms with Crippen LogP contribution in [0, 0.1) is 0 Å². The molecule has 2 amide bonds. The first-order chi connectivity index (χ1) is 11.7. The summed E-state index contributed by atoms with van der Waals surface area (Å²) in [5.41, 5.74) is 1.72. The molecule has 6 heteroatoms. The van der Waals surface area contributed by atoms with Gasteiger partial charge in [0, 0.05) is 37.6 Å². The molecule has 124 valence electrons. The molecule has 2 aliphatic heterocycles. The first-order valence-corrected chi connectivity index (χ1v) is 8.36. The highest BCUT2D eigenvalue weighted by atomic mass is 16.2. The van der Waals surface area contributed by atoms with Crippen LogP contribution in [-0.4, -0.2) is 51.0 Å². The van der Waals surface area contributed by atoms with E-state index in [9.17, 15) is 9.59 Å². The van der Waals surface area contributed by atoms with E-state index in [0.29, 0.717) is 13.1 Å². The van der Waals surface area contributed by atoms with Gasteiger partial charge in [0.05, 0.1) is 6.04 Å². The second-order valence-electron chi connectivity index (χ2n) is 6.44. The standard InChI is InChI=1S/C18H20N4O2/c23-17(13-21-11-14-5-1-2-7-16(14)18(21)24)20-9-3-6-15(12-20)22-10-4-8-19-22/h1-2,4-5,7-8,10,15H,3,6,9,11-13H2/t15-/m0/s1. The predicted octanol–water partition coefficient (Wildman–Crippen LogP) is 1.70. The fourth-order valence-corrected chi connectivity index (χ4v) is 3.60. The second kappa shape index (κ2) is 6.11. The topological polar surface area (TPSA) is 58.4 Å². The maximum absolute atomic E-state index is 12.7. The summed E-state index contributed by atoms with van der Waals surface area (Å²) in [4.78, 5) is 28.6. The fourth-order valence-electron chi connectivity index (χ4n) is 3.60. The van der Waals surface area contributed by atoms with Gasteiger partial charge in [0.1, 0.15) is 6.54 Å². The van der Waals surface area contributed by atoms with E-state index < -0.39 is 0 Å². The Hall–Kier alpha value is -2.63. The van der Waals surface area contributed by atoms with Gasteiger partial charge in [-0.2, -0.15) is 5.10 Å². The van der Waals surface area contributed by atoms with Crippen LogP contribution >= 0.6 is 0 Å². The van der Waals surface area contributed by atoms with Crippen molar-refractivity contribution in [2.45, 2.75) is 25.4 Å². The molecule has 0 radical (unpaired) electrons. The van der Waals surface area contributed by atoms with Crippen molar-refractivity contribution in [3.8, 4) is 0 Å². The van der Waals surface area contributed by atoms with Crippen LogP contribution < -0.4 is 0 Å². The van der Waals surface area contributed by atoms with Crippen LogP contribution in [0.3, 0.4) is 0 Å². The number of rotatable bonds is 3. The normalized spacial score (nSPS) is 20.3. The molecule has 0 aliphatic carbocycles. The minimum absolute atomic E-state index is 0.0213. The summed E-state index contributed by atoms with van der Waals surface area (Å²) in [6.07, 6.45) is 5.70. The SMILES string of the molecule is O=C(CN1Cc2ccccc2C1=O)N1CCC[C@H](n2cccn2)C1. The van der Waals surface area contributed by atoms with Gasteiger partial charge in [-0.25, -0.2) is 0 Å². The van der Waals surface area contributed by atoms with Crippen molar-refractivity contribution in [1.82, 2.24) is 19.6 Å². The Bertz CT molecular complexity index is 756. The summed E-state index contributed by atoms with van der Waals surface area (Å²) in [7, 11) is 0. The molecule has 24 heavy (non-hydrogen) atoms. The molecule has 0 saturated carbocycles.